The first-order chi connectivity index (χ1) is 14.7. The molecule has 1 aromatic carbocycles. The van der Waals surface area contributed by atoms with Gasteiger partial charge >= 0.3 is 0 Å². The molecular formula is C20H27N5O5S. The molecule has 0 spiro atoms. The molecule has 0 saturated carbocycles. The van der Waals surface area contributed by atoms with Gasteiger partial charge in [0.1, 0.15) is 0 Å². The number of benzene rings is 1. The molecule has 3 N–H and O–H groups in total. The topological polar surface area (TPSA) is 142 Å². The minimum Gasteiger partial charge on any atom is -0.286 e. The SMILES string of the molecule is CCCCC[C@@H](CN(O)C=O)C(=O)NNc1nccc(-c2ccc(S(C)(=O)=O)cc2)n1. The number of rotatable bonds is 12. The van der Waals surface area contributed by atoms with E-state index in [1.165, 1.54) is 18.3 Å². The van der Waals surface area contributed by atoms with Crippen molar-refractivity contribution in [3.05, 3.63) is 36.5 Å². The van der Waals surface area contributed by atoms with Gasteiger partial charge in [0.25, 0.3) is 0 Å². The van der Waals surface area contributed by atoms with Crippen LogP contribution in [0.25, 0.3) is 11.3 Å². The van der Waals surface area contributed by atoms with Crippen LogP contribution >= 0.6 is 0 Å². The molecule has 2 aromatic rings. The number of hydrazine groups is 1. The van der Waals surface area contributed by atoms with Crippen molar-refractivity contribution >= 4 is 28.1 Å². The van der Waals surface area contributed by atoms with E-state index in [1.807, 2.05) is 6.92 Å². The summed E-state index contributed by atoms with van der Waals surface area (Å²) in [5.74, 6) is -0.855. The van der Waals surface area contributed by atoms with E-state index >= 15 is 0 Å². The van der Waals surface area contributed by atoms with Crippen LogP contribution in [0.2, 0.25) is 0 Å². The Morgan fingerprint density at radius 1 is 1.23 bits per heavy atom. The zero-order chi connectivity index (χ0) is 22.9. The van der Waals surface area contributed by atoms with Gasteiger partial charge in [-0.2, -0.15) is 0 Å². The highest BCUT2D eigenvalue weighted by Gasteiger charge is 2.21. The third-order valence-electron chi connectivity index (χ3n) is 4.59. The van der Waals surface area contributed by atoms with Crippen molar-refractivity contribution < 1.29 is 23.2 Å². The van der Waals surface area contributed by atoms with Crippen molar-refractivity contribution in [1.82, 2.24) is 20.5 Å². The fraction of sp³-hybridized carbons (Fsp3) is 0.400. The number of carbonyl (C=O) groups is 2. The van der Waals surface area contributed by atoms with Crippen LogP contribution < -0.4 is 10.9 Å². The molecule has 1 aromatic heterocycles. The zero-order valence-corrected chi connectivity index (χ0v) is 18.3. The van der Waals surface area contributed by atoms with Crippen LogP contribution in [0, 0.1) is 5.92 Å². The van der Waals surface area contributed by atoms with E-state index in [2.05, 4.69) is 20.8 Å². The van der Waals surface area contributed by atoms with E-state index < -0.39 is 21.7 Å². The van der Waals surface area contributed by atoms with Crippen LogP contribution in [0.1, 0.15) is 32.6 Å². The summed E-state index contributed by atoms with van der Waals surface area (Å²) in [6, 6.07) is 7.93. The van der Waals surface area contributed by atoms with Crippen LogP contribution in [0.3, 0.4) is 0 Å². The summed E-state index contributed by atoms with van der Waals surface area (Å²) in [6.07, 6.45) is 6.12. The van der Waals surface area contributed by atoms with Crippen molar-refractivity contribution in [2.24, 2.45) is 5.92 Å². The highest BCUT2D eigenvalue weighted by Crippen LogP contribution is 2.20. The van der Waals surface area contributed by atoms with Crippen molar-refractivity contribution in [3.63, 3.8) is 0 Å². The number of hydroxylamine groups is 2. The molecule has 2 rings (SSSR count). The quantitative estimate of drug-likeness (QED) is 0.193. The van der Waals surface area contributed by atoms with Gasteiger partial charge in [0, 0.05) is 18.0 Å². The van der Waals surface area contributed by atoms with Crippen molar-refractivity contribution in [3.8, 4) is 11.3 Å². The van der Waals surface area contributed by atoms with Crippen LogP contribution in [0.15, 0.2) is 41.4 Å². The van der Waals surface area contributed by atoms with Crippen LogP contribution in [-0.4, -0.2) is 53.8 Å². The number of carbonyl (C=O) groups excluding carboxylic acids is 2. The number of sulfone groups is 1. The molecule has 0 aliphatic heterocycles. The van der Waals surface area contributed by atoms with Gasteiger partial charge < -0.3 is 0 Å². The predicted octanol–water partition coefficient (Wildman–Crippen LogP) is 2.03. The van der Waals surface area contributed by atoms with Gasteiger partial charge in [0.15, 0.2) is 9.84 Å². The summed E-state index contributed by atoms with van der Waals surface area (Å²) in [6.45, 7) is 1.92. The maximum Gasteiger partial charge on any atom is 0.243 e. The summed E-state index contributed by atoms with van der Waals surface area (Å²) < 4.78 is 23.2. The average Bonchev–Trinajstić information content (AvgIpc) is 2.76. The Morgan fingerprint density at radius 2 is 1.94 bits per heavy atom. The molecule has 1 heterocycles. The Labute approximate surface area is 181 Å². The van der Waals surface area contributed by atoms with Gasteiger partial charge in [0.2, 0.25) is 18.3 Å². The van der Waals surface area contributed by atoms with E-state index in [0.29, 0.717) is 22.7 Å². The van der Waals surface area contributed by atoms with Crippen molar-refractivity contribution in [2.75, 3.05) is 18.2 Å². The maximum atomic E-state index is 12.5. The normalized spacial score (nSPS) is 12.1. The largest absolute Gasteiger partial charge is 0.286 e. The Morgan fingerprint density at radius 3 is 2.55 bits per heavy atom. The molecule has 168 valence electrons. The Balaban J connectivity index is 2.05. The van der Waals surface area contributed by atoms with E-state index in [-0.39, 0.29) is 23.8 Å². The minimum atomic E-state index is -3.29. The van der Waals surface area contributed by atoms with E-state index in [1.54, 1.807) is 18.2 Å². The van der Waals surface area contributed by atoms with Gasteiger partial charge in [-0.15, -0.1) is 0 Å². The van der Waals surface area contributed by atoms with Gasteiger partial charge in [-0.3, -0.25) is 25.6 Å². The van der Waals surface area contributed by atoms with Gasteiger partial charge in [-0.05, 0) is 24.6 Å². The van der Waals surface area contributed by atoms with E-state index in [9.17, 15) is 23.2 Å². The lowest BCUT2D eigenvalue weighted by molar-refractivity contribution is -0.154. The summed E-state index contributed by atoms with van der Waals surface area (Å²) in [4.78, 5) is 31.8. The molecule has 10 nitrogen and oxygen atoms in total. The second-order valence-corrected chi connectivity index (χ2v) is 9.11. The molecule has 31 heavy (non-hydrogen) atoms. The monoisotopic (exact) mass is 449 g/mol. The lowest BCUT2D eigenvalue weighted by Gasteiger charge is -2.19. The maximum absolute atomic E-state index is 12.5. The number of nitrogens with one attached hydrogen (secondary N) is 2. The first-order valence-electron chi connectivity index (χ1n) is 9.84. The number of nitrogens with zero attached hydrogens (tertiary/aromatic N) is 3. The fourth-order valence-corrected chi connectivity index (χ4v) is 3.52. The molecule has 1 atom stereocenters. The standard InChI is InChI=1S/C20H27N5O5S/c1-3-4-5-6-16(13-25(28)14-26)19(27)23-24-20-21-12-11-18(22-20)15-7-9-17(10-8-15)31(2,29)30/h7-12,14,16,28H,3-6,13H2,1-2H3,(H,23,27)(H,21,22,24)/t16-/m0/s1. The average molecular weight is 450 g/mol. The van der Waals surface area contributed by atoms with Crippen molar-refractivity contribution in [1.29, 1.82) is 0 Å². The summed E-state index contributed by atoms with van der Waals surface area (Å²) in [5.41, 5.74) is 6.38. The lowest BCUT2D eigenvalue weighted by Crippen LogP contribution is -2.40. The van der Waals surface area contributed by atoms with Gasteiger partial charge in [-0.25, -0.2) is 23.4 Å². The Kier molecular flexibility index (Phi) is 8.88. The molecule has 0 aliphatic carbocycles. The lowest BCUT2D eigenvalue weighted by atomic mass is 10.0. The second-order valence-electron chi connectivity index (χ2n) is 7.10. The number of amides is 2. The third kappa shape index (κ3) is 7.61. The molecule has 0 unspecified atom stereocenters. The Hall–Kier alpha value is -3.05. The number of anilines is 1. The first kappa shape index (κ1) is 24.2. The number of unbranched alkanes of at least 4 members (excludes halogenated alkanes) is 2. The second kappa shape index (κ2) is 11.4. The van der Waals surface area contributed by atoms with Crippen molar-refractivity contribution in [2.45, 2.75) is 37.5 Å². The number of hydrogen-bond acceptors (Lipinski definition) is 8. The summed E-state index contributed by atoms with van der Waals surface area (Å²) in [7, 11) is -3.29. The van der Waals surface area contributed by atoms with Crippen LogP contribution in [0.5, 0.6) is 0 Å². The van der Waals surface area contributed by atoms with Gasteiger partial charge in [0.05, 0.1) is 23.1 Å². The minimum absolute atomic E-state index is 0.117. The molecular weight excluding hydrogens is 422 g/mol. The van der Waals surface area contributed by atoms with E-state index in [0.717, 1.165) is 25.5 Å². The summed E-state index contributed by atoms with van der Waals surface area (Å²) >= 11 is 0. The zero-order valence-electron chi connectivity index (χ0n) is 17.5. The molecule has 0 aliphatic rings. The first-order valence-corrected chi connectivity index (χ1v) is 11.7. The van der Waals surface area contributed by atoms with Crippen LogP contribution in [0.4, 0.5) is 5.95 Å². The fourth-order valence-electron chi connectivity index (χ4n) is 2.89. The molecule has 11 heteroatoms. The molecule has 2 amide bonds. The smallest absolute Gasteiger partial charge is 0.243 e. The highest BCUT2D eigenvalue weighted by atomic mass is 32.2. The Bertz CT molecular complexity index is 982. The van der Waals surface area contributed by atoms with E-state index in [4.69, 9.17) is 0 Å². The molecule has 0 radical (unpaired) electrons. The number of aromatic nitrogens is 2. The highest BCUT2D eigenvalue weighted by molar-refractivity contribution is 7.90. The summed E-state index contributed by atoms with van der Waals surface area (Å²) in [5, 5.41) is 9.91. The predicted molar refractivity (Wildman–Crippen MR) is 115 cm³/mol. The number of hydrogen-bond donors (Lipinski definition) is 3. The molecule has 0 saturated heterocycles. The molecule has 0 fully saturated rings. The van der Waals surface area contributed by atoms with Gasteiger partial charge in [-0.1, -0.05) is 38.3 Å². The van der Waals surface area contributed by atoms with Crippen LogP contribution in [-0.2, 0) is 19.4 Å². The molecule has 0 bridgehead atoms. The third-order valence-corrected chi connectivity index (χ3v) is 5.72.